The first-order chi connectivity index (χ1) is 11.5. The van der Waals surface area contributed by atoms with Gasteiger partial charge in [-0.3, -0.25) is 4.79 Å². The quantitative estimate of drug-likeness (QED) is 0.619. The Kier molecular flexibility index (Phi) is 4.76. The maximum absolute atomic E-state index is 12.3. The van der Waals surface area contributed by atoms with E-state index in [1.807, 2.05) is 12.3 Å². The highest BCUT2D eigenvalue weighted by atomic mass is 32.2. The zero-order valence-corrected chi connectivity index (χ0v) is 15.0. The number of rotatable bonds is 3. The van der Waals surface area contributed by atoms with Gasteiger partial charge in [-0.2, -0.15) is 0 Å². The average Bonchev–Trinajstić information content (AvgIpc) is 2.60. The molecule has 0 spiro atoms. The molecule has 0 radical (unpaired) electrons. The lowest BCUT2D eigenvalue weighted by atomic mass is 9.82. The molecule has 0 saturated heterocycles. The van der Waals surface area contributed by atoms with Crippen LogP contribution >= 0.6 is 11.8 Å². The smallest absolute Gasteiger partial charge is 0.339 e. The molecule has 3 rings (SSSR count). The lowest BCUT2D eigenvalue weighted by Crippen LogP contribution is -2.19. The Morgan fingerprint density at radius 3 is 2.46 bits per heavy atom. The number of thioether (sulfide) groups is 1. The molecule has 2 aromatic carbocycles. The van der Waals surface area contributed by atoms with Crippen molar-refractivity contribution in [2.24, 2.45) is 0 Å². The molecule has 124 valence electrons. The van der Waals surface area contributed by atoms with Gasteiger partial charge < -0.3 is 4.74 Å². The third-order valence-electron chi connectivity index (χ3n) is 4.51. The molecule has 1 aliphatic carbocycles. The molecule has 2 aromatic rings. The molecule has 3 nitrogen and oxygen atoms in total. The first-order valence-corrected chi connectivity index (χ1v) is 9.17. The number of benzene rings is 2. The van der Waals surface area contributed by atoms with Gasteiger partial charge >= 0.3 is 5.97 Å². The highest BCUT2D eigenvalue weighted by Crippen LogP contribution is 2.38. The van der Waals surface area contributed by atoms with Gasteiger partial charge in [0.05, 0.1) is 12.7 Å². The van der Waals surface area contributed by atoms with Crippen LogP contribution in [0.1, 0.15) is 33.5 Å². The van der Waals surface area contributed by atoms with E-state index in [9.17, 15) is 9.59 Å². The topological polar surface area (TPSA) is 43.4 Å². The second kappa shape index (κ2) is 6.81. The highest BCUT2D eigenvalue weighted by molar-refractivity contribution is 7.98. The number of fused-ring (bicyclic) bond motifs is 1. The number of carbonyl (C=O) groups is 2. The predicted molar refractivity (Wildman–Crippen MR) is 96.8 cm³/mol. The lowest BCUT2D eigenvalue weighted by molar-refractivity contribution is -0.118. The minimum atomic E-state index is -0.319. The first-order valence-electron chi connectivity index (χ1n) is 7.95. The van der Waals surface area contributed by atoms with E-state index in [1.54, 1.807) is 0 Å². The van der Waals surface area contributed by atoms with Crippen molar-refractivity contribution in [2.45, 2.75) is 31.1 Å². The van der Waals surface area contributed by atoms with Crippen molar-refractivity contribution in [3.63, 3.8) is 0 Å². The summed E-state index contributed by atoms with van der Waals surface area (Å²) in [6.45, 7) is 2.05. The number of hydrogen-bond donors (Lipinski definition) is 0. The summed E-state index contributed by atoms with van der Waals surface area (Å²) in [7, 11) is 1.40. The number of ether oxygens (including phenoxy) is 1. The van der Waals surface area contributed by atoms with Crippen LogP contribution in [-0.2, 0) is 22.4 Å². The van der Waals surface area contributed by atoms with E-state index < -0.39 is 0 Å². The number of ketones is 1. The van der Waals surface area contributed by atoms with E-state index in [0.717, 1.165) is 27.1 Å². The van der Waals surface area contributed by atoms with Gasteiger partial charge in [0, 0.05) is 17.7 Å². The molecule has 4 heteroatoms. The van der Waals surface area contributed by atoms with Crippen molar-refractivity contribution >= 4 is 23.5 Å². The van der Waals surface area contributed by atoms with Crippen LogP contribution in [0, 0.1) is 6.92 Å². The molecule has 0 saturated carbocycles. The van der Waals surface area contributed by atoms with Crippen molar-refractivity contribution in [1.29, 1.82) is 0 Å². The largest absolute Gasteiger partial charge is 0.465 e. The van der Waals surface area contributed by atoms with E-state index in [1.165, 1.54) is 24.4 Å². The third-order valence-corrected chi connectivity index (χ3v) is 5.27. The molecular formula is C20H20O3S. The monoisotopic (exact) mass is 340 g/mol. The summed E-state index contributed by atoms with van der Waals surface area (Å²) in [5.74, 6) is -0.0935. The maximum Gasteiger partial charge on any atom is 0.339 e. The summed E-state index contributed by atoms with van der Waals surface area (Å²) >= 11 is 1.54. The van der Waals surface area contributed by atoms with Crippen LogP contribution in [0.4, 0.5) is 0 Å². The molecule has 0 heterocycles. The van der Waals surface area contributed by atoms with E-state index in [-0.39, 0.29) is 11.8 Å². The minimum Gasteiger partial charge on any atom is -0.465 e. The number of esters is 1. The molecule has 24 heavy (non-hydrogen) atoms. The fraction of sp³-hybridized carbons (Fsp3) is 0.300. The molecule has 0 aromatic heterocycles. The second-order valence-corrected chi connectivity index (χ2v) is 6.88. The van der Waals surface area contributed by atoms with Crippen LogP contribution in [0.15, 0.2) is 35.2 Å². The Morgan fingerprint density at radius 2 is 1.83 bits per heavy atom. The van der Waals surface area contributed by atoms with Gasteiger partial charge in [-0.05, 0) is 47.9 Å². The predicted octanol–water partition coefficient (Wildman–Crippen LogP) is 4.23. The molecule has 0 fully saturated rings. The summed E-state index contributed by atoms with van der Waals surface area (Å²) in [5.41, 5.74) is 5.91. The van der Waals surface area contributed by atoms with Gasteiger partial charge in [-0.25, -0.2) is 4.79 Å². The van der Waals surface area contributed by atoms with Crippen LogP contribution in [0.5, 0.6) is 0 Å². The van der Waals surface area contributed by atoms with Crippen LogP contribution < -0.4 is 0 Å². The number of aryl methyl sites for hydroxylation is 1. The molecule has 0 atom stereocenters. The van der Waals surface area contributed by atoms with Crippen LogP contribution in [0.2, 0.25) is 0 Å². The number of hydrogen-bond acceptors (Lipinski definition) is 4. The minimum absolute atomic E-state index is 0.226. The standard InChI is InChI=1S/C20H20O3S/c1-12-4-6-13(7-5-12)16-11-18(24-3)19(20(22)23-2)15-9-8-14(21)10-17(15)16/h4-7,11H,8-10H2,1-3H3. The number of Topliss-reactive ketones (excluding diaryl/α,β-unsaturated/α-hetero) is 1. The fourth-order valence-electron chi connectivity index (χ4n) is 3.26. The van der Waals surface area contributed by atoms with Crippen molar-refractivity contribution in [1.82, 2.24) is 0 Å². The molecule has 0 aliphatic heterocycles. The molecule has 0 N–H and O–H groups in total. The lowest BCUT2D eigenvalue weighted by Gasteiger charge is -2.23. The molecule has 0 unspecified atom stereocenters. The average molecular weight is 340 g/mol. The highest BCUT2D eigenvalue weighted by Gasteiger charge is 2.27. The van der Waals surface area contributed by atoms with Gasteiger partial charge in [-0.15, -0.1) is 11.8 Å². The maximum atomic E-state index is 12.3. The number of carbonyl (C=O) groups excluding carboxylic acids is 2. The van der Waals surface area contributed by atoms with Gasteiger partial charge in [-0.1, -0.05) is 29.8 Å². The van der Waals surface area contributed by atoms with Crippen molar-refractivity contribution < 1.29 is 14.3 Å². The normalized spacial score (nSPS) is 13.5. The van der Waals surface area contributed by atoms with Crippen LogP contribution in [-0.4, -0.2) is 25.1 Å². The molecular weight excluding hydrogens is 320 g/mol. The van der Waals surface area contributed by atoms with Crippen LogP contribution in [0.3, 0.4) is 0 Å². The Labute approximate surface area is 146 Å². The number of methoxy groups -OCH3 is 1. The molecule has 1 aliphatic rings. The van der Waals surface area contributed by atoms with E-state index in [0.29, 0.717) is 24.8 Å². The molecule has 0 amide bonds. The van der Waals surface area contributed by atoms with Gasteiger partial charge in [0.15, 0.2) is 0 Å². The Morgan fingerprint density at radius 1 is 1.12 bits per heavy atom. The van der Waals surface area contributed by atoms with E-state index in [2.05, 4.69) is 31.2 Å². The summed E-state index contributed by atoms with van der Waals surface area (Å²) in [6.07, 6.45) is 3.44. The summed E-state index contributed by atoms with van der Waals surface area (Å²) in [6, 6.07) is 10.3. The van der Waals surface area contributed by atoms with E-state index in [4.69, 9.17) is 4.74 Å². The van der Waals surface area contributed by atoms with E-state index >= 15 is 0 Å². The SMILES string of the molecule is COC(=O)c1c(SC)cc(-c2ccc(C)cc2)c2c1CCC(=O)C2. The third kappa shape index (κ3) is 2.98. The van der Waals surface area contributed by atoms with Gasteiger partial charge in [0.25, 0.3) is 0 Å². The van der Waals surface area contributed by atoms with Gasteiger partial charge in [0.1, 0.15) is 5.78 Å². The van der Waals surface area contributed by atoms with Crippen molar-refractivity contribution in [3.8, 4) is 11.1 Å². The zero-order valence-electron chi connectivity index (χ0n) is 14.1. The summed E-state index contributed by atoms with van der Waals surface area (Å²) in [5, 5.41) is 0. The second-order valence-electron chi connectivity index (χ2n) is 6.03. The summed E-state index contributed by atoms with van der Waals surface area (Å²) < 4.78 is 5.00. The van der Waals surface area contributed by atoms with Crippen molar-refractivity contribution in [2.75, 3.05) is 13.4 Å². The molecule has 0 bridgehead atoms. The fourth-order valence-corrected chi connectivity index (χ4v) is 3.90. The summed E-state index contributed by atoms with van der Waals surface area (Å²) in [4.78, 5) is 25.3. The van der Waals surface area contributed by atoms with Crippen molar-refractivity contribution in [3.05, 3.63) is 52.6 Å². The Hall–Kier alpha value is -2.07. The first kappa shape index (κ1) is 16.8. The zero-order chi connectivity index (χ0) is 17.3. The van der Waals surface area contributed by atoms with Gasteiger partial charge in [0.2, 0.25) is 0 Å². The Balaban J connectivity index is 2.28. The Bertz CT molecular complexity index is 807. The van der Waals surface area contributed by atoms with Crippen LogP contribution in [0.25, 0.3) is 11.1 Å².